The van der Waals surface area contributed by atoms with Gasteiger partial charge in [-0.05, 0) is 42.0 Å². The molecule has 0 amide bonds. The number of aromatic amines is 1. The molecule has 118 valence electrons. The van der Waals surface area contributed by atoms with Gasteiger partial charge in [0.05, 0.1) is 17.1 Å². The van der Waals surface area contributed by atoms with E-state index in [1.165, 1.54) is 0 Å². The lowest BCUT2D eigenvalue weighted by Gasteiger charge is -2.16. The zero-order chi connectivity index (χ0) is 16.5. The summed E-state index contributed by atoms with van der Waals surface area (Å²) in [7, 11) is 0. The zero-order valence-corrected chi connectivity index (χ0v) is 13.2. The average Bonchev–Trinajstić information content (AvgIpc) is 2.59. The van der Waals surface area contributed by atoms with E-state index < -0.39 is 0 Å². The Hall–Kier alpha value is -2.92. The molecular formula is C18H12ClN3O2. The van der Waals surface area contributed by atoms with Gasteiger partial charge in [-0.3, -0.25) is 9.78 Å². The number of hydrogen-bond acceptors (Lipinski definition) is 4. The molecule has 3 heterocycles. The molecule has 1 N–H and O–H groups in total. The molecule has 1 aliphatic rings. The molecule has 0 unspecified atom stereocenters. The largest absolute Gasteiger partial charge is 0.488 e. The van der Waals surface area contributed by atoms with E-state index in [0.717, 1.165) is 16.9 Å². The Bertz CT molecular complexity index is 1050. The van der Waals surface area contributed by atoms with Gasteiger partial charge < -0.3 is 9.72 Å². The molecule has 0 saturated heterocycles. The van der Waals surface area contributed by atoms with Crippen molar-refractivity contribution in [3.8, 4) is 5.75 Å². The van der Waals surface area contributed by atoms with Gasteiger partial charge in [-0.15, -0.1) is 0 Å². The first-order chi connectivity index (χ1) is 11.7. The Morgan fingerprint density at radius 3 is 3.08 bits per heavy atom. The van der Waals surface area contributed by atoms with Gasteiger partial charge in [-0.1, -0.05) is 17.7 Å². The van der Waals surface area contributed by atoms with E-state index in [1.807, 2.05) is 24.3 Å². The summed E-state index contributed by atoms with van der Waals surface area (Å²) in [4.78, 5) is 23.2. The second-order valence-electron chi connectivity index (χ2n) is 5.37. The van der Waals surface area contributed by atoms with Crippen LogP contribution in [0.3, 0.4) is 0 Å². The molecule has 0 bridgehead atoms. The Balaban J connectivity index is 1.67. The summed E-state index contributed by atoms with van der Waals surface area (Å²) in [6.45, 7) is 0.449. The highest BCUT2D eigenvalue weighted by molar-refractivity contribution is 6.30. The highest BCUT2D eigenvalue weighted by atomic mass is 35.5. The molecule has 3 aromatic rings. The maximum absolute atomic E-state index is 12.0. The third kappa shape index (κ3) is 2.81. The van der Waals surface area contributed by atoms with Crippen molar-refractivity contribution in [3.05, 3.63) is 75.1 Å². The molecule has 0 fully saturated rings. The molecule has 5 nitrogen and oxygen atoms in total. The molecule has 1 aliphatic heterocycles. The zero-order valence-electron chi connectivity index (χ0n) is 12.5. The van der Waals surface area contributed by atoms with Crippen LogP contribution in [-0.2, 0) is 0 Å². The third-order valence-corrected chi connectivity index (χ3v) is 3.92. The molecule has 0 radical (unpaired) electrons. The Labute approximate surface area is 142 Å². The van der Waals surface area contributed by atoms with Gasteiger partial charge in [0.2, 0.25) is 0 Å². The van der Waals surface area contributed by atoms with Crippen LogP contribution in [0, 0.1) is 0 Å². The number of benzene rings is 1. The lowest BCUT2D eigenvalue weighted by molar-refractivity contribution is 0.351. The number of H-pyrrole nitrogens is 1. The number of pyridine rings is 1. The topological polar surface area (TPSA) is 67.9 Å². The fraction of sp³-hybridized carbons (Fsp3) is 0.0556. The predicted molar refractivity (Wildman–Crippen MR) is 94.1 cm³/mol. The van der Waals surface area contributed by atoms with E-state index in [-0.39, 0.29) is 5.56 Å². The van der Waals surface area contributed by atoms with Crippen molar-refractivity contribution < 1.29 is 4.74 Å². The van der Waals surface area contributed by atoms with E-state index >= 15 is 0 Å². The molecular weight excluding hydrogens is 326 g/mol. The van der Waals surface area contributed by atoms with Crippen LogP contribution in [-0.4, -0.2) is 21.6 Å². The SMILES string of the molecule is O=c1[nH]c(C=CC2=Cc3cc(Cl)ccc3OC2)nc2cnccc12. The maximum atomic E-state index is 12.0. The number of hydrogen-bond donors (Lipinski definition) is 1. The van der Waals surface area contributed by atoms with Gasteiger partial charge in [-0.2, -0.15) is 0 Å². The second-order valence-corrected chi connectivity index (χ2v) is 5.80. The van der Waals surface area contributed by atoms with Crippen molar-refractivity contribution in [1.82, 2.24) is 15.0 Å². The van der Waals surface area contributed by atoms with Crippen LogP contribution in [0.1, 0.15) is 11.4 Å². The lowest BCUT2D eigenvalue weighted by Crippen LogP contribution is -2.10. The van der Waals surface area contributed by atoms with Crippen LogP contribution < -0.4 is 10.3 Å². The lowest BCUT2D eigenvalue weighted by atomic mass is 10.1. The fourth-order valence-corrected chi connectivity index (χ4v) is 2.72. The van der Waals surface area contributed by atoms with Crippen molar-refractivity contribution in [3.63, 3.8) is 0 Å². The fourth-order valence-electron chi connectivity index (χ4n) is 2.54. The highest BCUT2D eigenvalue weighted by Gasteiger charge is 2.10. The minimum absolute atomic E-state index is 0.187. The molecule has 1 aromatic carbocycles. The molecule has 0 saturated carbocycles. The van der Waals surface area contributed by atoms with Crippen molar-refractivity contribution in [1.29, 1.82) is 0 Å². The van der Waals surface area contributed by atoms with E-state index in [2.05, 4.69) is 15.0 Å². The first-order valence-electron chi connectivity index (χ1n) is 7.34. The van der Waals surface area contributed by atoms with Crippen molar-refractivity contribution >= 4 is 34.7 Å². The van der Waals surface area contributed by atoms with Gasteiger partial charge in [0, 0.05) is 16.8 Å². The first kappa shape index (κ1) is 14.7. The number of fused-ring (bicyclic) bond motifs is 2. The minimum atomic E-state index is -0.187. The highest BCUT2D eigenvalue weighted by Crippen LogP contribution is 2.29. The number of nitrogens with one attached hydrogen (secondary N) is 1. The standard InChI is InChI=1S/C18H12ClN3O2/c19-13-2-3-16-12(8-13)7-11(10-24-16)1-4-17-21-15-9-20-6-5-14(15)18(23)22-17/h1-9H,10H2,(H,21,22,23). The summed E-state index contributed by atoms with van der Waals surface area (Å²) in [6.07, 6.45) is 8.76. The summed E-state index contributed by atoms with van der Waals surface area (Å²) >= 11 is 6.01. The molecule has 0 aliphatic carbocycles. The monoisotopic (exact) mass is 337 g/mol. The van der Waals surface area contributed by atoms with E-state index in [4.69, 9.17) is 16.3 Å². The maximum Gasteiger partial charge on any atom is 0.259 e. The average molecular weight is 338 g/mol. The van der Waals surface area contributed by atoms with Crippen molar-refractivity contribution in [2.24, 2.45) is 0 Å². The molecule has 0 spiro atoms. The summed E-state index contributed by atoms with van der Waals surface area (Å²) in [6, 6.07) is 7.15. The van der Waals surface area contributed by atoms with Crippen molar-refractivity contribution in [2.75, 3.05) is 6.61 Å². The summed E-state index contributed by atoms with van der Waals surface area (Å²) < 4.78 is 5.69. The summed E-state index contributed by atoms with van der Waals surface area (Å²) in [5, 5.41) is 1.18. The Kier molecular flexibility index (Phi) is 3.63. The molecule has 2 aromatic heterocycles. The number of ether oxygens (including phenoxy) is 1. The molecule has 0 atom stereocenters. The summed E-state index contributed by atoms with van der Waals surface area (Å²) in [5.41, 5.74) is 2.26. The molecule has 6 heteroatoms. The van der Waals surface area contributed by atoms with E-state index in [9.17, 15) is 4.79 Å². The number of nitrogens with zero attached hydrogens (tertiary/aromatic N) is 2. The smallest absolute Gasteiger partial charge is 0.259 e. The van der Waals surface area contributed by atoms with Crippen LogP contribution in [0.4, 0.5) is 0 Å². The third-order valence-electron chi connectivity index (χ3n) is 3.69. The van der Waals surface area contributed by atoms with Gasteiger partial charge >= 0.3 is 0 Å². The quantitative estimate of drug-likeness (QED) is 0.777. The normalized spacial score (nSPS) is 13.6. The number of rotatable bonds is 2. The van der Waals surface area contributed by atoms with Gasteiger partial charge in [0.25, 0.3) is 5.56 Å². The number of halogens is 1. The second kappa shape index (κ2) is 5.94. The van der Waals surface area contributed by atoms with Gasteiger partial charge in [0.15, 0.2) is 0 Å². The first-order valence-corrected chi connectivity index (χ1v) is 7.72. The van der Waals surface area contributed by atoms with Crippen LogP contribution >= 0.6 is 11.6 Å². The van der Waals surface area contributed by atoms with Crippen molar-refractivity contribution in [2.45, 2.75) is 0 Å². The van der Waals surface area contributed by atoms with Crippen LogP contribution in [0.25, 0.3) is 23.1 Å². The van der Waals surface area contributed by atoms with Crippen LogP contribution in [0.5, 0.6) is 5.75 Å². The van der Waals surface area contributed by atoms with Crippen LogP contribution in [0.2, 0.25) is 5.02 Å². The van der Waals surface area contributed by atoms with Gasteiger partial charge in [0.1, 0.15) is 18.2 Å². The summed E-state index contributed by atoms with van der Waals surface area (Å²) in [5.74, 6) is 1.28. The van der Waals surface area contributed by atoms with Gasteiger partial charge in [-0.25, -0.2) is 4.98 Å². The molecule has 24 heavy (non-hydrogen) atoms. The van der Waals surface area contributed by atoms with Crippen LogP contribution in [0.15, 0.2) is 53.1 Å². The predicted octanol–water partition coefficient (Wildman–Crippen LogP) is 3.46. The number of aromatic nitrogens is 3. The minimum Gasteiger partial charge on any atom is -0.488 e. The Morgan fingerprint density at radius 1 is 1.25 bits per heavy atom. The van der Waals surface area contributed by atoms with E-state index in [1.54, 1.807) is 30.6 Å². The molecule has 4 rings (SSSR count). The Morgan fingerprint density at radius 2 is 2.17 bits per heavy atom. The van der Waals surface area contributed by atoms with E-state index in [0.29, 0.717) is 28.4 Å².